The monoisotopic (exact) mass is 566 g/mol. The average molecular weight is 567 g/mol. The maximum atomic E-state index is 11.9. The summed E-state index contributed by atoms with van der Waals surface area (Å²) in [5.74, 6) is -6.69. The summed E-state index contributed by atoms with van der Waals surface area (Å²) in [4.78, 5) is 56.4. The second-order valence-electron chi connectivity index (χ2n) is 11.6. The van der Waals surface area contributed by atoms with Crippen LogP contribution in [0.3, 0.4) is 0 Å². The number of hydrogen-bond acceptors (Lipinski definition) is 12. The fraction of sp³-hybridized carbons (Fsp3) is 0.875. The number of rotatable bonds is 9. The van der Waals surface area contributed by atoms with Crippen molar-refractivity contribution in [2.45, 2.75) is 113 Å². The van der Waals surface area contributed by atoms with Gasteiger partial charge in [0.25, 0.3) is 0 Å². The van der Waals surface area contributed by atoms with Crippen LogP contribution in [0.1, 0.15) is 59.3 Å². The molecule has 3 fully saturated rings. The first kappa shape index (κ1) is 31.6. The summed E-state index contributed by atoms with van der Waals surface area (Å²) in [7, 11) is 0. The molecule has 0 aromatic carbocycles. The second kappa shape index (κ2) is 11.5. The van der Waals surface area contributed by atoms with Crippen molar-refractivity contribution in [3.05, 3.63) is 0 Å². The summed E-state index contributed by atoms with van der Waals surface area (Å²) in [6.45, 7) is 4.60. The highest BCUT2D eigenvalue weighted by atomic mass is 17.2. The molecular weight excluding hydrogens is 528 g/mol. The van der Waals surface area contributed by atoms with Gasteiger partial charge in [0.05, 0.1) is 12.2 Å². The zero-order chi connectivity index (χ0) is 29.5. The van der Waals surface area contributed by atoms with E-state index in [1.165, 1.54) is 13.8 Å². The molecule has 0 aromatic rings. The van der Waals surface area contributed by atoms with Gasteiger partial charge in [-0.05, 0) is 24.7 Å². The van der Waals surface area contributed by atoms with Gasteiger partial charge in [-0.3, -0.25) is 0 Å². The Bertz CT molecular complexity index is 865. The van der Waals surface area contributed by atoms with Gasteiger partial charge in [0, 0.05) is 31.6 Å². The third-order valence-corrected chi connectivity index (χ3v) is 8.38. The summed E-state index contributed by atoms with van der Waals surface area (Å²) in [6, 6.07) is 0. The van der Waals surface area contributed by atoms with Crippen LogP contribution in [-0.4, -0.2) is 112 Å². The highest BCUT2D eigenvalue weighted by Gasteiger charge is 2.54. The van der Waals surface area contributed by atoms with Crippen molar-refractivity contribution < 1.29 is 74.8 Å². The molecule has 10 unspecified atom stereocenters. The number of hydrogen-bond donors (Lipinski definition) is 8. The summed E-state index contributed by atoms with van der Waals surface area (Å²) >= 11 is 0. The summed E-state index contributed by atoms with van der Waals surface area (Å²) in [6.07, 6.45) is -9.77. The van der Waals surface area contributed by atoms with Crippen LogP contribution in [0.25, 0.3) is 0 Å². The largest absolute Gasteiger partial charge is 0.479 e. The molecule has 39 heavy (non-hydrogen) atoms. The summed E-state index contributed by atoms with van der Waals surface area (Å²) in [5.41, 5.74) is -6.74. The molecule has 224 valence electrons. The number of aliphatic hydroxyl groups is 5. The van der Waals surface area contributed by atoms with Gasteiger partial charge in [-0.1, -0.05) is 20.8 Å². The molecule has 0 saturated heterocycles. The zero-order valence-corrected chi connectivity index (χ0v) is 21.9. The Morgan fingerprint density at radius 1 is 0.538 bits per heavy atom. The molecule has 3 saturated carbocycles. The fourth-order valence-electron chi connectivity index (χ4n) is 5.71. The standard InChI is InChI=1S/C24H38O15/c1-10-4-22(33,19(27)28)8-15(17(10)25)38-36-13-6-24(35,21(31)32)7-14(12(13)3)37-39-16-9-23(34,20(29)30)5-11(2)18(16)26/h10-18,25-26,33-35H,4-9H2,1-3H3,(H,27,28)(H,29,30)(H,31,32). The quantitative estimate of drug-likeness (QED) is 0.121. The maximum Gasteiger partial charge on any atom is 0.335 e. The van der Waals surface area contributed by atoms with Crippen molar-refractivity contribution in [1.82, 2.24) is 0 Å². The second-order valence-corrected chi connectivity index (χ2v) is 11.6. The number of carboxylic acids is 3. The van der Waals surface area contributed by atoms with E-state index in [0.29, 0.717) is 0 Å². The molecule has 15 heteroatoms. The molecule has 0 amide bonds. The molecule has 3 aliphatic rings. The third-order valence-electron chi connectivity index (χ3n) is 8.38. The molecule has 0 heterocycles. The van der Waals surface area contributed by atoms with Gasteiger partial charge in [-0.2, -0.15) is 0 Å². The lowest BCUT2D eigenvalue weighted by atomic mass is 9.75. The van der Waals surface area contributed by atoms with Gasteiger partial charge >= 0.3 is 17.9 Å². The van der Waals surface area contributed by atoms with Crippen LogP contribution in [0.2, 0.25) is 0 Å². The van der Waals surface area contributed by atoms with Crippen LogP contribution >= 0.6 is 0 Å². The number of aliphatic carboxylic acids is 3. The molecule has 15 nitrogen and oxygen atoms in total. The van der Waals surface area contributed by atoms with Gasteiger partial charge in [-0.25, -0.2) is 33.9 Å². The molecule has 10 atom stereocenters. The minimum Gasteiger partial charge on any atom is -0.479 e. The number of aliphatic hydroxyl groups excluding tert-OH is 2. The molecule has 8 N–H and O–H groups in total. The van der Waals surface area contributed by atoms with E-state index in [1.54, 1.807) is 6.92 Å². The Balaban J connectivity index is 1.72. The van der Waals surface area contributed by atoms with Crippen LogP contribution in [0.4, 0.5) is 0 Å². The zero-order valence-electron chi connectivity index (χ0n) is 21.9. The van der Waals surface area contributed by atoms with Gasteiger partial charge in [0.1, 0.15) is 24.4 Å². The van der Waals surface area contributed by atoms with Crippen LogP contribution < -0.4 is 0 Å². The minimum atomic E-state index is -2.38. The van der Waals surface area contributed by atoms with Crippen molar-refractivity contribution >= 4 is 17.9 Å². The predicted octanol–water partition coefficient (Wildman–Crippen LogP) is -1.18. The molecular formula is C24H38O15. The Morgan fingerprint density at radius 3 is 1.10 bits per heavy atom. The lowest BCUT2D eigenvalue weighted by Gasteiger charge is -2.44. The van der Waals surface area contributed by atoms with E-state index in [2.05, 4.69) is 0 Å². The van der Waals surface area contributed by atoms with Crippen molar-refractivity contribution in [2.24, 2.45) is 17.8 Å². The van der Waals surface area contributed by atoms with Crippen molar-refractivity contribution in [2.75, 3.05) is 0 Å². The van der Waals surface area contributed by atoms with E-state index >= 15 is 0 Å². The first-order valence-corrected chi connectivity index (χ1v) is 12.8. The fourth-order valence-corrected chi connectivity index (χ4v) is 5.71. The first-order valence-electron chi connectivity index (χ1n) is 12.8. The van der Waals surface area contributed by atoms with Crippen LogP contribution in [0, 0.1) is 17.8 Å². The Kier molecular flexibility index (Phi) is 9.31. The van der Waals surface area contributed by atoms with Crippen molar-refractivity contribution in [3.8, 4) is 0 Å². The number of carbonyl (C=O) groups is 3. The predicted molar refractivity (Wildman–Crippen MR) is 124 cm³/mol. The maximum absolute atomic E-state index is 11.9. The van der Waals surface area contributed by atoms with E-state index < -0.39 is 115 Å². The van der Waals surface area contributed by atoms with Gasteiger partial charge in [-0.15, -0.1) is 0 Å². The Hall–Kier alpha value is -1.95. The molecule has 0 aliphatic heterocycles. The molecule has 3 rings (SSSR count). The van der Waals surface area contributed by atoms with Crippen LogP contribution in [0.15, 0.2) is 0 Å². The van der Waals surface area contributed by atoms with Gasteiger partial charge in [0.15, 0.2) is 16.8 Å². The van der Waals surface area contributed by atoms with Crippen molar-refractivity contribution in [1.29, 1.82) is 0 Å². The van der Waals surface area contributed by atoms with Crippen molar-refractivity contribution in [3.63, 3.8) is 0 Å². The first-order chi connectivity index (χ1) is 17.9. The van der Waals surface area contributed by atoms with E-state index in [9.17, 15) is 55.2 Å². The molecule has 0 spiro atoms. The molecule has 0 aromatic heterocycles. The van der Waals surface area contributed by atoms with Gasteiger partial charge < -0.3 is 40.9 Å². The highest BCUT2D eigenvalue weighted by Crippen LogP contribution is 2.40. The Labute approximate surface area is 223 Å². The normalized spacial score (nSPS) is 46.9. The minimum absolute atomic E-state index is 0.224. The molecule has 0 bridgehead atoms. The van der Waals surface area contributed by atoms with E-state index in [-0.39, 0.29) is 12.8 Å². The average Bonchev–Trinajstić information content (AvgIpc) is 2.83. The Morgan fingerprint density at radius 2 is 0.795 bits per heavy atom. The molecule has 3 aliphatic carbocycles. The van der Waals surface area contributed by atoms with Crippen LogP contribution in [-0.2, 0) is 33.9 Å². The lowest BCUT2D eigenvalue weighted by molar-refractivity contribution is -0.420. The third kappa shape index (κ3) is 6.52. The highest BCUT2D eigenvalue weighted by molar-refractivity contribution is 5.78. The summed E-state index contributed by atoms with van der Waals surface area (Å²) in [5, 5.41) is 81.0. The lowest BCUT2D eigenvalue weighted by Crippen LogP contribution is -2.57. The topological polar surface area (TPSA) is 250 Å². The smallest absolute Gasteiger partial charge is 0.335 e. The van der Waals surface area contributed by atoms with E-state index in [0.717, 1.165) is 0 Å². The molecule has 0 radical (unpaired) electrons. The van der Waals surface area contributed by atoms with E-state index in [4.69, 9.17) is 19.6 Å². The van der Waals surface area contributed by atoms with E-state index in [1.807, 2.05) is 0 Å². The van der Waals surface area contributed by atoms with Gasteiger partial charge in [0.2, 0.25) is 0 Å². The van der Waals surface area contributed by atoms with Crippen LogP contribution in [0.5, 0.6) is 0 Å². The SMILES string of the molecule is CC1CC(O)(C(=O)O)CC(OOC2CC(O)(C(=O)O)CC(OOC3CC(O)(C(=O)O)CC(C)C3O)C2C)C1O. The number of carboxylic acid groups (broad SMARTS) is 3. The summed E-state index contributed by atoms with van der Waals surface area (Å²) < 4.78 is 0.